The van der Waals surface area contributed by atoms with Gasteiger partial charge in [-0.2, -0.15) is 0 Å². The molecule has 1 heterocycles. The normalized spacial score (nSPS) is 11.1. The van der Waals surface area contributed by atoms with E-state index in [-0.39, 0.29) is 10.6 Å². The van der Waals surface area contributed by atoms with Crippen LogP contribution in [0.15, 0.2) is 102 Å². The fraction of sp³-hybridized carbons (Fsp3) is 0.111. The summed E-state index contributed by atoms with van der Waals surface area (Å²) < 4.78 is 42.2. The minimum atomic E-state index is -4.19. The van der Waals surface area contributed by atoms with Crippen LogP contribution in [0.3, 0.4) is 0 Å². The summed E-state index contributed by atoms with van der Waals surface area (Å²) in [6.45, 7) is 1.25. The molecule has 0 atom stereocenters. The molecule has 6 nitrogen and oxygen atoms in total. The standard InChI is InChI=1S/C27H24FN3O3S/c1-20-6-12-24(13-7-20)35(33,34)31(26-5-3-2-4-25(26)28)19-27(32)30-23-10-8-21(9-11-23)18-22-14-16-29-17-15-22/h2-17H,18-19H2,1H3,(H,30,32). The summed E-state index contributed by atoms with van der Waals surface area (Å²) in [5.41, 5.74) is 3.35. The van der Waals surface area contributed by atoms with Crippen molar-refractivity contribution in [3.05, 3.63) is 120 Å². The highest BCUT2D eigenvalue weighted by Gasteiger charge is 2.29. The molecule has 4 aromatic rings. The molecule has 0 aliphatic heterocycles. The number of aryl methyl sites for hydroxylation is 1. The van der Waals surface area contributed by atoms with E-state index in [0.29, 0.717) is 12.1 Å². The van der Waals surface area contributed by atoms with Crippen molar-refractivity contribution in [1.82, 2.24) is 4.98 Å². The van der Waals surface area contributed by atoms with Crippen molar-refractivity contribution >= 4 is 27.3 Å². The van der Waals surface area contributed by atoms with Crippen molar-refractivity contribution in [2.45, 2.75) is 18.2 Å². The van der Waals surface area contributed by atoms with E-state index in [1.54, 1.807) is 36.7 Å². The summed E-state index contributed by atoms with van der Waals surface area (Å²) in [4.78, 5) is 16.8. The highest BCUT2D eigenvalue weighted by Crippen LogP contribution is 2.26. The van der Waals surface area contributed by atoms with Gasteiger partial charge in [-0.3, -0.25) is 14.1 Å². The Balaban J connectivity index is 1.54. The van der Waals surface area contributed by atoms with E-state index in [0.717, 1.165) is 27.1 Å². The van der Waals surface area contributed by atoms with Gasteiger partial charge in [0, 0.05) is 18.1 Å². The first-order valence-electron chi connectivity index (χ1n) is 10.9. The van der Waals surface area contributed by atoms with Gasteiger partial charge in [0.05, 0.1) is 10.6 Å². The fourth-order valence-corrected chi connectivity index (χ4v) is 4.99. The first kappa shape index (κ1) is 24.1. The number of sulfonamides is 1. The molecule has 8 heteroatoms. The first-order chi connectivity index (χ1) is 16.8. The summed E-state index contributed by atoms with van der Waals surface area (Å²) in [6.07, 6.45) is 4.18. The second-order valence-corrected chi connectivity index (χ2v) is 9.92. The summed E-state index contributed by atoms with van der Waals surface area (Å²) >= 11 is 0. The van der Waals surface area contributed by atoms with Crippen LogP contribution in [0.4, 0.5) is 15.8 Å². The topological polar surface area (TPSA) is 79.4 Å². The Bertz CT molecular complexity index is 1410. The van der Waals surface area contributed by atoms with Crippen LogP contribution in [-0.2, 0) is 21.2 Å². The van der Waals surface area contributed by atoms with Gasteiger partial charge in [0.2, 0.25) is 5.91 Å². The molecule has 0 fully saturated rings. The number of hydrogen-bond donors (Lipinski definition) is 1. The summed E-state index contributed by atoms with van der Waals surface area (Å²) in [7, 11) is -4.19. The van der Waals surface area contributed by atoms with Crippen LogP contribution in [0.2, 0.25) is 0 Å². The molecule has 1 aromatic heterocycles. The van der Waals surface area contributed by atoms with Crippen molar-refractivity contribution in [2.75, 3.05) is 16.2 Å². The van der Waals surface area contributed by atoms with E-state index < -0.39 is 28.3 Å². The number of pyridine rings is 1. The number of carbonyl (C=O) groups excluding carboxylic acids is 1. The second-order valence-electron chi connectivity index (χ2n) is 8.05. The van der Waals surface area contributed by atoms with Gasteiger partial charge in [-0.15, -0.1) is 0 Å². The number of nitrogens with one attached hydrogen (secondary N) is 1. The molecule has 35 heavy (non-hydrogen) atoms. The lowest BCUT2D eigenvalue weighted by molar-refractivity contribution is -0.114. The number of halogens is 1. The van der Waals surface area contributed by atoms with Gasteiger partial charge >= 0.3 is 0 Å². The molecule has 1 amide bonds. The minimum Gasteiger partial charge on any atom is -0.325 e. The van der Waals surface area contributed by atoms with Gasteiger partial charge in [-0.1, -0.05) is 42.0 Å². The molecular formula is C27H24FN3O3S. The average molecular weight is 490 g/mol. The number of hydrogen-bond acceptors (Lipinski definition) is 4. The van der Waals surface area contributed by atoms with Gasteiger partial charge in [0.25, 0.3) is 10.0 Å². The van der Waals surface area contributed by atoms with E-state index in [2.05, 4.69) is 10.3 Å². The Morgan fingerprint density at radius 3 is 2.17 bits per heavy atom. The minimum absolute atomic E-state index is 0.0281. The molecule has 0 unspecified atom stereocenters. The highest BCUT2D eigenvalue weighted by atomic mass is 32.2. The Morgan fingerprint density at radius 2 is 1.51 bits per heavy atom. The van der Waals surface area contributed by atoms with Crippen LogP contribution in [0.5, 0.6) is 0 Å². The molecule has 4 rings (SSSR count). The van der Waals surface area contributed by atoms with E-state index in [1.165, 1.54) is 30.3 Å². The zero-order valence-electron chi connectivity index (χ0n) is 19.1. The highest BCUT2D eigenvalue weighted by molar-refractivity contribution is 7.92. The van der Waals surface area contributed by atoms with E-state index >= 15 is 0 Å². The van der Waals surface area contributed by atoms with Crippen LogP contribution in [0, 0.1) is 12.7 Å². The quantitative estimate of drug-likeness (QED) is 0.380. The number of carbonyl (C=O) groups is 1. The van der Waals surface area contributed by atoms with E-state index in [1.807, 2.05) is 31.2 Å². The van der Waals surface area contributed by atoms with Crippen molar-refractivity contribution in [2.24, 2.45) is 0 Å². The maximum atomic E-state index is 14.6. The molecule has 0 spiro atoms. The SMILES string of the molecule is Cc1ccc(S(=O)(=O)N(CC(=O)Nc2ccc(Cc3ccncc3)cc2)c2ccccc2F)cc1. The number of aromatic nitrogens is 1. The molecule has 0 aliphatic rings. The molecule has 0 aliphatic carbocycles. The van der Waals surface area contributed by atoms with Crippen LogP contribution in [-0.4, -0.2) is 25.9 Å². The summed E-state index contributed by atoms with van der Waals surface area (Å²) in [5, 5.41) is 2.71. The number of amides is 1. The third-order valence-electron chi connectivity index (χ3n) is 5.41. The van der Waals surface area contributed by atoms with Crippen LogP contribution >= 0.6 is 0 Å². The number of benzene rings is 3. The zero-order valence-corrected chi connectivity index (χ0v) is 19.9. The molecule has 0 bridgehead atoms. The van der Waals surface area contributed by atoms with Crippen LogP contribution < -0.4 is 9.62 Å². The van der Waals surface area contributed by atoms with Gasteiger partial charge in [-0.25, -0.2) is 12.8 Å². The van der Waals surface area contributed by atoms with Crippen molar-refractivity contribution in [1.29, 1.82) is 0 Å². The average Bonchev–Trinajstić information content (AvgIpc) is 2.85. The largest absolute Gasteiger partial charge is 0.325 e. The lowest BCUT2D eigenvalue weighted by Gasteiger charge is -2.24. The number of rotatable bonds is 8. The van der Waals surface area contributed by atoms with Crippen molar-refractivity contribution < 1.29 is 17.6 Å². The van der Waals surface area contributed by atoms with Crippen LogP contribution in [0.1, 0.15) is 16.7 Å². The predicted octanol–water partition coefficient (Wildman–Crippen LogP) is 4.95. The summed E-state index contributed by atoms with van der Waals surface area (Å²) in [6, 6.07) is 22.8. The van der Waals surface area contributed by atoms with Crippen molar-refractivity contribution in [3.63, 3.8) is 0 Å². The Morgan fingerprint density at radius 1 is 0.886 bits per heavy atom. The van der Waals surface area contributed by atoms with E-state index in [4.69, 9.17) is 0 Å². The maximum Gasteiger partial charge on any atom is 0.264 e. The van der Waals surface area contributed by atoms with Crippen LogP contribution in [0.25, 0.3) is 0 Å². The van der Waals surface area contributed by atoms with Gasteiger partial charge in [0.15, 0.2) is 0 Å². The third kappa shape index (κ3) is 5.91. The maximum absolute atomic E-state index is 14.6. The third-order valence-corrected chi connectivity index (χ3v) is 7.19. The smallest absolute Gasteiger partial charge is 0.264 e. The van der Waals surface area contributed by atoms with Crippen molar-refractivity contribution in [3.8, 4) is 0 Å². The Labute approximate surface area is 204 Å². The first-order valence-corrected chi connectivity index (χ1v) is 12.4. The lowest BCUT2D eigenvalue weighted by Crippen LogP contribution is -2.38. The van der Waals surface area contributed by atoms with E-state index in [9.17, 15) is 17.6 Å². The van der Waals surface area contributed by atoms with Gasteiger partial charge < -0.3 is 5.32 Å². The molecule has 0 saturated carbocycles. The Hall–Kier alpha value is -4.04. The fourth-order valence-electron chi connectivity index (χ4n) is 3.56. The number of anilines is 2. The lowest BCUT2D eigenvalue weighted by atomic mass is 10.1. The molecular weight excluding hydrogens is 465 g/mol. The molecule has 0 radical (unpaired) electrons. The number of para-hydroxylation sites is 1. The zero-order chi connectivity index (χ0) is 24.8. The molecule has 1 N–H and O–H groups in total. The van der Waals surface area contributed by atoms with Gasteiger partial charge in [-0.05, 0) is 73.0 Å². The predicted molar refractivity (Wildman–Crippen MR) is 134 cm³/mol. The molecule has 0 saturated heterocycles. The number of nitrogens with zero attached hydrogens (tertiary/aromatic N) is 2. The monoisotopic (exact) mass is 489 g/mol. The Kier molecular flexibility index (Phi) is 7.22. The molecule has 178 valence electrons. The summed E-state index contributed by atoms with van der Waals surface area (Å²) in [5.74, 6) is -1.33. The van der Waals surface area contributed by atoms with Gasteiger partial charge in [0.1, 0.15) is 12.4 Å². The molecule has 3 aromatic carbocycles. The second kappa shape index (κ2) is 10.5.